The molecule has 1 aliphatic heterocycles. The van der Waals surface area contributed by atoms with Crippen molar-refractivity contribution in [2.75, 3.05) is 24.5 Å². The van der Waals surface area contributed by atoms with E-state index in [1.807, 2.05) is 60.4 Å². The number of hydrogen-bond donors (Lipinski definition) is 2. The molecular formula is C24H23N5O3S2. The summed E-state index contributed by atoms with van der Waals surface area (Å²) in [5.41, 5.74) is 3.50. The van der Waals surface area contributed by atoms with Crippen molar-refractivity contribution in [2.24, 2.45) is 0 Å². The number of anilines is 1. The topological polar surface area (TPSA) is 100 Å². The van der Waals surface area contributed by atoms with Crippen molar-refractivity contribution in [3.8, 4) is 0 Å². The van der Waals surface area contributed by atoms with Gasteiger partial charge in [0.25, 0.3) is 5.91 Å². The molecule has 2 aromatic heterocycles. The average molecular weight is 494 g/mol. The van der Waals surface area contributed by atoms with Gasteiger partial charge in [-0.2, -0.15) is 0 Å². The van der Waals surface area contributed by atoms with Gasteiger partial charge in [-0.3, -0.25) is 9.59 Å². The zero-order chi connectivity index (χ0) is 23.5. The third kappa shape index (κ3) is 4.92. The Morgan fingerprint density at radius 1 is 1.21 bits per heavy atom. The Morgan fingerprint density at radius 2 is 2.03 bits per heavy atom. The highest BCUT2D eigenvalue weighted by Crippen LogP contribution is 2.33. The van der Waals surface area contributed by atoms with Gasteiger partial charge >= 0.3 is 0 Å². The number of para-hydroxylation sites is 1. The second-order valence-electron chi connectivity index (χ2n) is 7.90. The molecule has 0 aliphatic carbocycles. The minimum atomic E-state index is -0.253. The third-order valence-corrected chi connectivity index (χ3v) is 7.54. The van der Waals surface area contributed by atoms with Gasteiger partial charge in [0, 0.05) is 42.0 Å². The van der Waals surface area contributed by atoms with Crippen molar-refractivity contribution in [1.82, 2.24) is 20.8 Å². The van der Waals surface area contributed by atoms with Gasteiger partial charge in [0.15, 0.2) is 10.1 Å². The molecule has 2 N–H and O–H groups in total. The van der Waals surface area contributed by atoms with Gasteiger partial charge in [0.05, 0.1) is 6.54 Å². The number of furan rings is 1. The molecule has 0 unspecified atom stereocenters. The van der Waals surface area contributed by atoms with Gasteiger partial charge < -0.3 is 20.0 Å². The molecular weight excluding hydrogens is 470 g/mol. The standard InChI is InChI=1S/C24H23N5O3S2/c1-15-27-28-24(34-15)33-14-19-18-4-2-3-5-20(18)32-22(19)23(31)26-12-16-6-8-17(9-7-16)29-11-10-25-21(30)13-29/h2-9H,10-14H2,1H3,(H,25,30)(H,26,31). The summed E-state index contributed by atoms with van der Waals surface area (Å²) in [7, 11) is 0. The highest BCUT2D eigenvalue weighted by Gasteiger charge is 2.21. The number of nitrogens with one attached hydrogen (secondary N) is 2. The number of aromatic nitrogens is 2. The predicted octanol–water partition coefficient (Wildman–Crippen LogP) is 3.75. The van der Waals surface area contributed by atoms with Gasteiger partial charge in [-0.1, -0.05) is 53.4 Å². The van der Waals surface area contributed by atoms with E-state index in [4.69, 9.17) is 4.42 Å². The first kappa shape index (κ1) is 22.4. The van der Waals surface area contributed by atoms with Crippen molar-refractivity contribution in [3.63, 3.8) is 0 Å². The molecule has 4 aromatic rings. The highest BCUT2D eigenvalue weighted by molar-refractivity contribution is 8.00. The molecule has 1 aliphatic rings. The number of amides is 2. The zero-order valence-electron chi connectivity index (χ0n) is 18.5. The summed E-state index contributed by atoms with van der Waals surface area (Å²) >= 11 is 3.08. The van der Waals surface area contributed by atoms with Crippen LogP contribution in [-0.2, 0) is 17.1 Å². The number of carbonyl (C=O) groups is 2. The second-order valence-corrected chi connectivity index (χ2v) is 10.3. The molecule has 2 amide bonds. The molecule has 10 heteroatoms. The maximum Gasteiger partial charge on any atom is 0.287 e. The zero-order valence-corrected chi connectivity index (χ0v) is 20.2. The molecule has 0 atom stereocenters. The second kappa shape index (κ2) is 9.86. The number of benzene rings is 2. The van der Waals surface area contributed by atoms with E-state index < -0.39 is 0 Å². The SMILES string of the molecule is Cc1nnc(SCc2c(C(=O)NCc3ccc(N4CCNC(=O)C4)cc3)oc3ccccc23)s1. The Morgan fingerprint density at radius 3 is 2.79 bits per heavy atom. The van der Waals surface area contributed by atoms with Crippen LogP contribution in [0.4, 0.5) is 5.69 Å². The molecule has 0 bridgehead atoms. The van der Waals surface area contributed by atoms with Gasteiger partial charge in [0.1, 0.15) is 10.6 Å². The van der Waals surface area contributed by atoms with E-state index in [1.165, 1.54) is 11.3 Å². The summed E-state index contributed by atoms with van der Waals surface area (Å²) in [4.78, 5) is 26.8. The lowest BCUT2D eigenvalue weighted by atomic mass is 10.1. The Labute approximate surface area is 204 Å². The fourth-order valence-corrected chi connectivity index (χ4v) is 5.69. The first-order chi connectivity index (χ1) is 16.6. The number of aryl methyl sites for hydroxylation is 1. The monoisotopic (exact) mass is 493 g/mol. The summed E-state index contributed by atoms with van der Waals surface area (Å²) in [6.45, 7) is 4.08. The molecule has 8 nitrogen and oxygen atoms in total. The molecule has 2 aromatic carbocycles. The van der Waals surface area contributed by atoms with E-state index >= 15 is 0 Å². The predicted molar refractivity (Wildman–Crippen MR) is 133 cm³/mol. The summed E-state index contributed by atoms with van der Waals surface area (Å²) < 4.78 is 6.81. The van der Waals surface area contributed by atoms with Crippen LogP contribution in [0.15, 0.2) is 57.3 Å². The van der Waals surface area contributed by atoms with Crippen molar-refractivity contribution in [3.05, 3.63) is 70.4 Å². The van der Waals surface area contributed by atoms with Crippen molar-refractivity contribution in [1.29, 1.82) is 0 Å². The van der Waals surface area contributed by atoms with Crippen molar-refractivity contribution < 1.29 is 14.0 Å². The molecule has 174 valence electrons. The molecule has 5 rings (SSSR count). The molecule has 34 heavy (non-hydrogen) atoms. The average Bonchev–Trinajstić information content (AvgIpc) is 3.44. The minimum absolute atomic E-state index is 0.0312. The smallest absolute Gasteiger partial charge is 0.287 e. The highest BCUT2D eigenvalue weighted by atomic mass is 32.2. The van der Waals surface area contributed by atoms with Gasteiger partial charge in [-0.05, 0) is 30.7 Å². The maximum atomic E-state index is 13.1. The lowest BCUT2D eigenvalue weighted by Gasteiger charge is -2.28. The largest absolute Gasteiger partial charge is 0.451 e. The number of hydrogen-bond acceptors (Lipinski definition) is 8. The van der Waals surface area contributed by atoms with Gasteiger partial charge in [-0.15, -0.1) is 10.2 Å². The lowest BCUT2D eigenvalue weighted by molar-refractivity contribution is -0.120. The van der Waals surface area contributed by atoms with Crippen LogP contribution in [0, 0.1) is 6.92 Å². The number of piperazine rings is 1. The van der Waals surface area contributed by atoms with Crippen LogP contribution in [0.5, 0.6) is 0 Å². The fraction of sp³-hybridized carbons (Fsp3) is 0.250. The summed E-state index contributed by atoms with van der Waals surface area (Å²) in [5, 5.41) is 15.9. The number of carbonyl (C=O) groups excluding carboxylic acids is 2. The Balaban J connectivity index is 1.28. The normalized spacial score (nSPS) is 13.8. The number of thioether (sulfide) groups is 1. The van der Waals surface area contributed by atoms with Crippen LogP contribution >= 0.6 is 23.1 Å². The maximum absolute atomic E-state index is 13.1. The molecule has 1 saturated heterocycles. The van der Waals surface area contributed by atoms with Gasteiger partial charge in [0.2, 0.25) is 5.91 Å². The molecule has 0 spiro atoms. The van der Waals surface area contributed by atoms with Crippen molar-refractivity contribution in [2.45, 2.75) is 23.6 Å². The lowest BCUT2D eigenvalue weighted by Crippen LogP contribution is -2.47. The van der Waals surface area contributed by atoms with Crippen LogP contribution in [0.2, 0.25) is 0 Å². The Hall–Kier alpha value is -3.37. The first-order valence-electron chi connectivity index (χ1n) is 10.9. The number of nitrogens with zero attached hydrogens (tertiary/aromatic N) is 3. The molecule has 3 heterocycles. The molecule has 0 radical (unpaired) electrons. The first-order valence-corrected chi connectivity index (χ1v) is 12.7. The van der Waals surface area contributed by atoms with Crippen LogP contribution in [-0.4, -0.2) is 41.6 Å². The Kier molecular flexibility index (Phi) is 6.50. The summed E-state index contributed by atoms with van der Waals surface area (Å²) in [5.74, 6) is 0.665. The van der Waals surface area contributed by atoms with Crippen LogP contribution < -0.4 is 15.5 Å². The molecule has 0 saturated carbocycles. The molecule has 1 fully saturated rings. The van der Waals surface area contributed by atoms with Crippen molar-refractivity contribution >= 4 is 51.6 Å². The minimum Gasteiger partial charge on any atom is -0.451 e. The fourth-order valence-electron chi connectivity index (χ4n) is 3.84. The van der Waals surface area contributed by atoms with E-state index in [0.29, 0.717) is 36.7 Å². The van der Waals surface area contributed by atoms with Crippen LogP contribution in [0.3, 0.4) is 0 Å². The number of fused-ring (bicyclic) bond motifs is 1. The summed E-state index contributed by atoms with van der Waals surface area (Å²) in [6.07, 6.45) is 0. The summed E-state index contributed by atoms with van der Waals surface area (Å²) in [6, 6.07) is 15.6. The van der Waals surface area contributed by atoms with E-state index in [2.05, 4.69) is 20.8 Å². The van der Waals surface area contributed by atoms with E-state index in [-0.39, 0.29) is 11.8 Å². The van der Waals surface area contributed by atoms with E-state index in [1.54, 1.807) is 11.8 Å². The van der Waals surface area contributed by atoms with E-state index in [0.717, 1.165) is 38.1 Å². The Bertz CT molecular complexity index is 1330. The quantitative estimate of drug-likeness (QED) is 0.378. The third-order valence-electron chi connectivity index (χ3n) is 5.54. The van der Waals surface area contributed by atoms with Crippen LogP contribution in [0.25, 0.3) is 11.0 Å². The van der Waals surface area contributed by atoms with Gasteiger partial charge in [-0.25, -0.2) is 0 Å². The van der Waals surface area contributed by atoms with Crippen LogP contribution in [0.1, 0.15) is 26.7 Å². The van der Waals surface area contributed by atoms with E-state index in [9.17, 15) is 9.59 Å². The number of rotatable bonds is 7.